The number of rotatable bonds is 8. The van der Waals surface area contributed by atoms with E-state index < -0.39 is 0 Å². The number of benzene rings is 2. The maximum atomic E-state index is 13.4. The van der Waals surface area contributed by atoms with Crippen molar-refractivity contribution < 1.29 is 13.9 Å². The fourth-order valence-corrected chi connectivity index (χ4v) is 2.23. The van der Waals surface area contributed by atoms with Crippen molar-refractivity contribution >= 4 is 5.91 Å². The molecule has 4 nitrogen and oxygen atoms in total. The second-order valence-electron chi connectivity index (χ2n) is 5.11. The molecule has 0 aromatic heterocycles. The molecule has 0 atom stereocenters. The average Bonchev–Trinajstić information content (AvgIpc) is 2.58. The second kappa shape index (κ2) is 8.90. The monoisotopic (exact) mass is 316 g/mol. The van der Waals surface area contributed by atoms with Gasteiger partial charge in [0, 0.05) is 12.1 Å². The predicted octanol–water partition coefficient (Wildman–Crippen LogP) is 2.28. The van der Waals surface area contributed by atoms with Crippen LogP contribution in [0, 0.1) is 5.82 Å². The average molecular weight is 316 g/mol. The van der Waals surface area contributed by atoms with Crippen LogP contribution in [0.5, 0.6) is 5.75 Å². The first-order chi connectivity index (χ1) is 11.2. The minimum absolute atomic E-state index is 0.159. The van der Waals surface area contributed by atoms with Gasteiger partial charge in [0.05, 0.1) is 13.7 Å². The van der Waals surface area contributed by atoms with Gasteiger partial charge in [0.15, 0.2) is 0 Å². The first-order valence-electron chi connectivity index (χ1n) is 7.53. The molecular weight excluding hydrogens is 295 g/mol. The summed E-state index contributed by atoms with van der Waals surface area (Å²) in [5.74, 6) is 0.378. The molecule has 0 radical (unpaired) electrons. The highest BCUT2D eigenvalue weighted by Gasteiger charge is 2.05. The largest absolute Gasteiger partial charge is 0.496 e. The molecule has 0 aliphatic heterocycles. The van der Waals surface area contributed by atoms with E-state index in [4.69, 9.17) is 4.74 Å². The van der Waals surface area contributed by atoms with Crippen LogP contribution in [0.15, 0.2) is 48.5 Å². The van der Waals surface area contributed by atoms with Gasteiger partial charge in [0.25, 0.3) is 0 Å². The minimum Gasteiger partial charge on any atom is -0.496 e. The third kappa shape index (κ3) is 5.38. The number of carbonyl (C=O) groups excluding carboxylic acids is 1. The van der Waals surface area contributed by atoms with E-state index >= 15 is 0 Å². The Bertz CT molecular complexity index is 646. The topological polar surface area (TPSA) is 50.4 Å². The smallest absolute Gasteiger partial charge is 0.234 e. The van der Waals surface area contributed by atoms with Crippen LogP contribution in [0.25, 0.3) is 0 Å². The third-order valence-electron chi connectivity index (χ3n) is 3.48. The van der Waals surface area contributed by atoms with E-state index in [-0.39, 0.29) is 24.8 Å². The van der Waals surface area contributed by atoms with Crippen LogP contribution in [0.2, 0.25) is 0 Å². The number of amides is 1. The van der Waals surface area contributed by atoms with Crippen LogP contribution < -0.4 is 15.4 Å². The van der Waals surface area contributed by atoms with E-state index in [1.165, 1.54) is 6.07 Å². The quantitative estimate of drug-likeness (QED) is 0.735. The summed E-state index contributed by atoms with van der Waals surface area (Å²) >= 11 is 0. The lowest BCUT2D eigenvalue weighted by Gasteiger charge is -2.09. The molecule has 0 spiro atoms. The molecule has 0 saturated carbocycles. The normalized spacial score (nSPS) is 10.3. The standard InChI is InChI=1S/C18H21FN2O2/c1-23-17-9-5-3-6-14(17)10-11-20-13-18(22)21-12-15-7-2-4-8-16(15)19/h2-9,20H,10-13H2,1H3,(H,21,22). The van der Waals surface area contributed by atoms with E-state index in [0.717, 1.165) is 17.7 Å². The maximum absolute atomic E-state index is 13.4. The van der Waals surface area contributed by atoms with Crippen LogP contribution in [0.3, 0.4) is 0 Å². The highest BCUT2D eigenvalue weighted by atomic mass is 19.1. The highest BCUT2D eigenvalue weighted by molar-refractivity contribution is 5.77. The summed E-state index contributed by atoms with van der Waals surface area (Å²) in [5, 5.41) is 5.77. The van der Waals surface area contributed by atoms with Crippen LogP contribution in [0.1, 0.15) is 11.1 Å². The van der Waals surface area contributed by atoms with Gasteiger partial charge in [-0.25, -0.2) is 4.39 Å². The molecule has 0 heterocycles. The maximum Gasteiger partial charge on any atom is 0.234 e. The number of nitrogens with one attached hydrogen (secondary N) is 2. The SMILES string of the molecule is COc1ccccc1CCNCC(=O)NCc1ccccc1F. The Labute approximate surface area is 135 Å². The molecule has 5 heteroatoms. The molecule has 2 aromatic rings. The molecule has 0 unspecified atom stereocenters. The Morgan fingerprint density at radius 3 is 2.52 bits per heavy atom. The zero-order chi connectivity index (χ0) is 16.5. The molecule has 23 heavy (non-hydrogen) atoms. The summed E-state index contributed by atoms with van der Waals surface area (Å²) in [4.78, 5) is 11.7. The van der Waals surface area contributed by atoms with Crippen molar-refractivity contribution in [1.82, 2.24) is 10.6 Å². The zero-order valence-corrected chi connectivity index (χ0v) is 13.1. The van der Waals surface area contributed by atoms with Crippen molar-refractivity contribution in [3.8, 4) is 5.75 Å². The Balaban J connectivity index is 1.68. The van der Waals surface area contributed by atoms with Gasteiger partial charge in [-0.3, -0.25) is 4.79 Å². The molecule has 1 amide bonds. The Morgan fingerprint density at radius 1 is 1.09 bits per heavy atom. The van der Waals surface area contributed by atoms with E-state index in [9.17, 15) is 9.18 Å². The number of methoxy groups -OCH3 is 1. The number of ether oxygens (including phenoxy) is 1. The molecular formula is C18H21FN2O2. The summed E-state index contributed by atoms with van der Waals surface area (Å²) in [6.45, 7) is 1.05. The third-order valence-corrected chi connectivity index (χ3v) is 3.48. The summed E-state index contributed by atoms with van der Waals surface area (Å²) in [5.41, 5.74) is 1.57. The first-order valence-corrected chi connectivity index (χ1v) is 7.53. The molecule has 0 bridgehead atoms. The van der Waals surface area contributed by atoms with Crippen molar-refractivity contribution in [3.63, 3.8) is 0 Å². The molecule has 122 valence electrons. The number of carbonyl (C=O) groups is 1. The molecule has 0 aliphatic rings. The Morgan fingerprint density at radius 2 is 1.78 bits per heavy atom. The number of hydrogen-bond donors (Lipinski definition) is 2. The van der Waals surface area contributed by atoms with Crippen LogP contribution in [0.4, 0.5) is 4.39 Å². The Hall–Kier alpha value is -2.40. The van der Waals surface area contributed by atoms with Crippen LogP contribution >= 0.6 is 0 Å². The van der Waals surface area contributed by atoms with Crippen molar-refractivity contribution in [3.05, 3.63) is 65.5 Å². The van der Waals surface area contributed by atoms with Crippen molar-refractivity contribution in [2.75, 3.05) is 20.2 Å². The lowest BCUT2D eigenvalue weighted by atomic mass is 10.1. The molecule has 0 fully saturated rings. The Kier molecular flexibility index (Phi) is 6.56. The van der Waals surface area contributed by atoms with E-state index in [1.54, 1.807) is 25.3 Å². The highest BCUT2D eigenvalue weighted by Crippen LogP contribution is 2.17. The fraction of sp³-hybridized carbons (Fsp3) is 0.278. The fourth-order valence-electron chi connectivity index (χ4n) is 2.23. The van der Waals surface area contributed by atoms with Crippen LogP contribution in [-0.2, 0) is 17.8 Å². The van der Waals surface area contributed by atoms with Gasteiger partial charge >= 0.3 is 0 Å². The van der Waals surface area contributed by atoms with Gasteiger partial charge in [-0.05, 0) is 30.7 Å². The van der Waals surface area contributed by atoms with E-state index in [2.05, 4.69) is 10.6 Å². The minimum atomic E-state index is -0.308. The van der Waals surface area contributed by atoms with Crippen molar-refractivity contribution in [2.45, 2.75) is 13.0 Å². The predicted molar refractivity (Wildman–Crippen MR) is 87.8 cm³/mol. The van der Waals surface area contributed by atoms with Crippen molar-refractivity contribution in [1.29, 1.82) is 0 Å². The van der Waals surface area contributed by atoms with E-state index in [0.29, 0.717) is 12.1 Å². The lowest BCUT2D eigenvalue weighted by molar-refractivity contribution is -0.120. The molecule has 0 aliphatic carbocycles. The number of halogens is 1. The second-order valence-corrected chi connectivity index (χ2v) is 5.11. The number of hydrogen-bond acceptors (Lipinski definition) is 3. The van der Waals surface area contributed by atoms with Gasteiger partial charge in [0.2, 0.25) is 5.91 Å². The van der Waals surface area contributed by atoms with Gasteiger partial charge in [-0.2, -0.15) is 0 Å². The lowest BCUT2D eigenvalue weighted by Crippen LogP contribution is -2.34. The summed E-state index contributed by atoms with van der Waals surface area (Å²) in [6.07, 6.45) is 0.768. The van der Waals surface area contributed by atoms with Crippen molar-refractivity contribution in [2.24, 2.45) is 0 Å². The zero-order valence-electron chi connectivity index (χ0n) is 13.1. The molecule has 2 N–H and O–H groups in total. The molecule has 2 rings (SSSR count). The van der Waals surface area contributed by atoms with Gasteiger partial charge in [0.1, 0.15) is 11.6 Å². The summed E-state index contributed by atoms with van der Waals surface area (Å²) < 4.78 is 18.7. The molecule has 2 aromatic carbocycles. The molecule has 0 saturated heterocycles. The van der Waals surface area contributed by atoms with Gasteiger partial charge < -0.3 is 15.4 Å². The first kappa shape index (κ1) is 17.0. The van der Waals surface area contributed by atoms with Crippen LogP contribution in [-0.4, -0.2) is 26.1 Å². The van der Waals surface area contributed by atoms with E-state index in [1.807, 2.05) is 24.3 Å². The van der Waals surface area contributed by atoms with Gasteiger partial charge in [-0.15, -0.1) is 0 Å². The number of para-hydroxylation sites is 1. The summed E-state index contributed by atoms with van der Waals surface area (Å²) in [7, 11) is 1.64. The van der Waals surface area contributed by atoms with Gasteiger partial charge in [-0.1, -0.05) is 36.4 Å². The summed E-state index contributed by atoms with van der Waals surface area (Å²) in [6, 6.07) is 14.2.